The van der Waals surface area contributed by atoms with E-state index in [4.69, 9.17) is 0 Å². The molecule has 2 N–H and O–H groups in total. The van der Waals surface area contributed by atoms with E-state index in [1.165, 1.54) is 7.11 Å². The lowest BCUT2D eigenvalue weighted by atomic mass is 9.98. The molecule has 2 amide bonds. The van der Waals surface area contributed by atoms with E-state index >= 15 is 0 Å². The number of carbonyl (C=O) groups is 2. The van der Waals surface area contributed by atoms with Gasteiger partial charge >= 0.3 is 6.09 Å². The van der Waals surface area contributed by atoms with Crippen LogP contribution in [0.4, 0.5) is 4.79 Å². The molecule has 0 spiro atoms. The van der Waals surface area contributed by atoms with Crippen molar-refractivity contribution in [2.24, 2.45) is 11.3 Å². The zero-order valence-corrected chi connectivity index (χ0v) is 16.1. The summed E-state index contributed by atoms with van der Waals surface area (Å²) in [6.07, 6.45) is 1.69. The maximum atomic E-state index is 12.5. The Hall–Kier alpha value is -1.30. The van der Waals surface area contributed by atoms with Crippen LogP contribution in [0.25, 0.3) is 0 Å². The summed E-state index contributed by atoms with van der Waals surface area (Å²) in [7, 11) is 1.30. The monoisotopic (exact) mass is 339 g/mol. The Morgan fingerprint density at radius 3 is 2.38 bits per heavy atom. The molecule has 1 heterocycles. The zero-order chi connectivity index (χ0) is 18.3. The highest BCUT2D eigenvalue weighted by molar-refractivity contribution is 5.85. The van der Waals surface area contributed by atoms with Crippen molar-refractivity contribution < 1.29 is 14.3 Å². The molecule has 138 valence electrons. The molecule has 1 aliphatic heterocycles. The van der Waals surface area contributed by atoms with Gasteiger partial charge in [-0.25, -0.2) is 4.79 Å². The first kappa shape index (κ1) is 19.0. The van der Waals surface area contributed by atoms with Gasteiger partial charge in [0, 0.05) is 29.6 Å². The number of nitrogens with zero attached hydrogens (tertiary/aromatic N) is 1. The number of carbonyl (C=O) groups excluding carboxylic acids is 2. The highest BCUT2D eigenvalue weighted by atomic mass is 16.5. The first-order valence-corrected chi connectivity index (χ1v) is 8.92. The van der Waals surface area contributed by atoms with Crippen LogP contribution in [0, 0.1) is 11.3 Å². The van der Waals surface area contributed by atoms with Crippen LogP contribution in [-0.4, -0.2) is 54.2 Å². The average molecular weight is 339 g/mol. The summed E-state index contributed by atoms with van der Waals surface area (Å²) < 4.78 is 4.62. The Bertz CT molecular complexity index is 500. The number of rotatable bonds is 5. The summed E-state index contributed by atoms with van der Waals surface area (Å²) in [6.45, 7) is 13.5. The Morgan fingerprint density at radius 1 is 1.29 bits per heavy atom. The fraction of sp³-hybridized carbons (Fsp3) is 0.889. The van der Waals surface area contributed by atoms with Crippen molar-refractivity contribution in [3.8, 4) is 0 Å². The second-order valence-electron chi connectivity index (χ2n) is 8.79. The maximum Gasteiger partial charge on any atom is 0.407 e. The van der Waals surface area contributed by atoms with Crippen LogP contribution in [0.1, 0.15) is 54.4 Å². The minimum atomic E-state index is -0.570. The van der Waals surface area contributed by atoms with Crippen LogP contribution in [0.5, 0.6) is 0 Å². The second-order valence-corrected chi connectivity index (χ2v) is 8.79. The first-order chi connectivity index (χ1) is 11.0. The van der Waals surface area contributed by atoms with Crippen molar-refractivity contribution in [3.63, 3.8) is 0 Å². The third kappa shape index (κ3) is 3.68. The third-order valence-corrected chi connectivity index (χ3v) is 5.46. The third-order valence-electron chi connectivity index (χ3n) is 5.46. The fourth-order valence-corrected chi connectivity index (χ4v) is 4.42. The molecule has 0 aromatic carbocycles. The number of methoxy groups -OCH3 is 1. The highest BCUT2D eigenvalue weighted by Gasteiger charge is 2.65. The van der Waals surface area contributed by atoms with E-state index in [9.17, 15) is 9.59 Å². The van der Waals surface area contributed by atoms with Crippen LogP contribution in [0.2, 0.25) is 0 Å². The lowest BCUT2D eigenvalue weighted by molar-refractivity contribution is -0.124. The number of likely N-dealkylation sites (tertiary alicyclic amines) is 1. The van der Waals surface area contributed by atoms with Gasteiger partial charge in [-0.15, -0.1) is 0 Å². The van der Waals surface area contributed by atoms with E-state index < -0.39 is 12.1 Å². The van der Waals surface area contributed by atoms with Crippen molar-refractivity contribution in [1.29, 1.82) is 0 Å². The number of fused-ring (bicyclic) bond motifs is 1. The number of nitrogens with one attached hydrogen (secondary N) is 2. The number of piperidine rings is 1. The maximum absolute atomic E-state index is 12.5. The molecule has 6 nitrogen and oxygen atoms in total. The van der Waals surface area contributed by atoms with Crippen LogP contribution < -0.4 is 10.6 Å². The number of hydrogen-bond acceptors (Lipinski definition) is 4. The summed E-state index contributed by atoms with van der Waals surface area (Å²) in [4.78, 5) is 26.5. The number of hydrogen-bond donors (Lipinski definition) is 2. The molecule has 24 heavy (non-hydrogen) atoms. The van der Waals surface area contributed by atoms with Gasteiger partial charge in [-0.05, 0) is 46.5 Å². The van der Waals surface area contributed by atoms with Crippen LogP contribution >= 0.6 is 0 Å². The number of amides is 2. The van der Waals surface area contributed by atoms with Crippen molar-refractivity contribution in [2.45, 2.75) is 78.0 Å². The fourth-order valence-electron chi connectivity index (χ4n) is 4.42. The SMILES string of the molecule is COC(=O)N[C@H](C(=O)NC[C@@]12C[C@@H](C)N(C(C)(C)C)[C@@H]1C2)C(C)C. The molecule has 6 heteroatoms. The smallest absolute Gasteiger partial charge is 0.407 e. The predicted octanol–water partition coefficient (Wildman–Crippen LogP) is 2.13. The molecule has 2 aliphatic rings. The van der Waals surface area contributed by atoms with Gasteiger partial charge in [-0.2, -0.15) is 0 Å². The second kappa shape index (κ2) is 6.54. The average Bonchev–Trinajstić information content (AvgIpc) is 3.05. The molecule has 0 aromatic rings. The first-order valence-electron chi connectivity index (χ1n) is 8.92. The Labute approximate surface area is 145 Å². The molecular formula is C18H33N3O3. The number of alkyl carbamates (subject to hydrolysis) is 1. The Balaban J connectivity index is 1.94. The van der Waals surface area contributed by atoms with Crippen molar-refractivity contribution >= 4 is 12.0 Å². The van der Waals surface area contributed by atoms with E-state index in [2.05, 4.69) is 48.0 Å². The van der Waals surface area contributed by atoms with Gasteiger partial charge in [-0.1, -0.05) is 13.8 Å². The quantitative estimate of drug-likeness (QED) is 0.805. The van der Waals surface area contributed by atoms with Gasteiger partial charge in [0.2, 0.25) is 5.91 Å². The van der Waals surface area contributed by atoms with E-state index in [0.29, 0.717) is 18.6 Å². The molecule has 1 aliphatic carbocycles. The van der Waals surface area contributed by atoms with Crippen molar-refractivity contribution in [1.82, 2.24) is 15.5 Å². The predicted molar refractivity (Wildman–Crippen MR) is 93.7 cm³/mol. The topological polar surface area (TPSA) is 70.7 Å². The summed E-state index contributed by atoms with van der Waals surface area (Å²) in [6, 6.07) is 0.525. The minimum Gasteiger partial charge on any atom is -0.453 e. The summed E-state index contributed by atoms with van der Waals surface area (Å²) in [5.74, 6) is -0.123. The summed E-state index contributed by atoms with van der Waals surface area (Å²) >= 11 is 0. The molecule has 0 bridgehead atoms. The molecule has 1 saturated heterocycles. The van der Waals surface area contributed by atoms with Gasteiger partial charge < -0.3 is 15.4 Å². The molecule has 2 fully saturated rings. The van der Waals surface area contributed by atoms with E-state index in [1.807, 2.05) is 13.8 Å². The lowest BCUT2D eigenvalue weighted by Crippen LogP contribution is -2.50. The van der Waals surface area contributed by atoms with Crippen LogP contribution in [0.15, 0.2) is 0 Å². The summed E-state index contributed by atoms with van der Waals surface area (Å²) in [5.41, 5.74) is 0.356. The Kier molecular flexibility index (Phi) is 5.19. The molecule has 4 atom stereocenters. The van der Waals surface area contributed by atoms with Gasteiger partial charge in [0.15, 0.2) is 0 Å². The normalized spacial score (nSPS) is 30.7. The molecular weight excluding hydrogens is 306 g/mol. The van der Waals surface area contributed by atoms with Crippen LogP contribution in [-0.2, 0) is 9.53 Å². The van der Waals surface area contributed by atoms with Crippen molar-refractivity contribution in [2.75, 3.05) is 13.7 Å². The van der Waals surface area contributed by atoms with Gasteiger partial charge in [0.1, 0.15) is 6.04 Å². The zero-order valence-electron chi connectivity index (χ0n) is 16.1. The molecule has 0 unspecified atom stereocenters. The summed E-state index contributed by atoms with van der Waals surface area (Å²) in [5, 5.41) is 5.70. The van der Waals surface area contributed by atoms with Crippen molar-refractivity contribution in [3.05, 3.63) is 0 Å². The molecule has 1 saturated carbocycles. The lowest BCUT2D eigenvalue weighted by Gasteiger charge is -2.37. The Morgan fingerprint density at radius 2 is 1.92 bits per heavy atom. The molecule has 2 rings (SSSR count). The standard InChI is InChI=1S/C18H33N3O3/c1-11(2)14(20-16(23)24-7)15(22)19-10-18-8-12(3)21(13(18)9-18)17(4,5)6/h11-14H,8-10H2,1-7H3,(H,19,22)(H,20,23)/t12-,13-,14+,18+/m1/s1. The largest absolute Gasteiger partial charge is 0.453 e. The van der Waals surface area contributed by atoms with Gasteiger partial charge in [0.05, 0.1) is 7.11 Å². The molecule has 0 aromatic heterocycles. The van der Waals surface area contributed by atoms with Gasteiger partial charge in [-0.3, -0.25) is 9.69 Å². The number of ether oxygens (including phenoxy) is 1. The van der Waals surface area contributed by atoms with E-state index in [0.717, 1.165) is 12.8 Å². The molecule has 0 radical (unpaired) electrons. The van der Waals surface area contributed by atoms with E-state index in [1.54, 1.807) is 0 Å². The van der Waals surface area contributed by atoms with E-state index in [-0.39, 0.29) is 22.8 Å². The van der Waals surface area contributed by atoms with Gasteiger partial charge in [0.25, 0.3) is 0 Å². The highest BCUT2D eigenvalue weighted by Crippen LogP contribution is 2.60. The minimum absolute atomic E-state index is 0.00479. The van der Waals surface area contributed by atoms with Crippen LogP contribution in [0.3, 0.4) is 0 Å².